The number of carbonyl (C=O) groups excluding carboxylic acids is 1. The Balaban J connectivity index is 1.39. The van der Waals surface area contributed by atoms with Crippen LogP contribution in [-0.2, 0) is 11.3 Å². The normalized spacial score (nSPS) is 12.3. The monoisotopic (exact) mass is 374 g/mol. The maximum absolute atomic E-state index is 12.4. The van der Waals surface area contributed by atoms with Gasteiger partial charge in [-0.2, -0.15) is 0 Å². The van der Waals surface area contributed by atoms with Gasteiger partial charge in [-0.15, -0.1) is 0 Å². The van der Waals surface area contributed by atoms with Crippen molar-refractivity contribution in [2.45, 2.75) is 32.4 Å². The number of aromatic nitrogens is 1. The van der Waals surface area contributed by atoms with E-state index in [0.717, 1.165) is 21.9 Å². The fourth-order valence-corrected chi connectivity index (χ4v) is 3.64. The average molecular weight is 374 g/mol. The van der Waals surface area contributed by atoms with Gasteiger partial charge in [-0.05, 0) is 41.8 Å². The van der Waals surface area contributed by atoms with E-state index >= 15 is 0 Å². The SMILES string of the molecule is C[C@@H](NC(=O)CCCn1c(=O)oc2ccccc21)c1cccc2ccccc12. The van der Waals surface area contributed by atoms with Crippen molar-refractivity contribution in [1.29, 1.82) is 0 Å². The van der Waals surface area contributed by atoms with Crippen LogP contribution < -0.4 is 11.1 Å². The molecule has 5 nitrogen and oxygen atoms in total. The molecule has 0 aliphatic carbocycles. The molecule has 1 heterocycles. The fraction of sp³-hybridized carbons (Fsp3) is 0.217. The highest BCUT2D eigenvalue weighted by molar-refractivity contribution is 5.86. The molecule has 1 aromatic heterocycles. The summed E-state index contributed by atoms with van der Waals surface area (Å²) in [5.41, 5.74) is 2.43. The second-order valence-corrected chi connectivity index (χ2v) is 6.95. The number of nitrogens with zero attached hydrogens (tertiary/aromatic N) is 1. The van der Waals surface area contributed by atoms with Gasteiger partial charge in [0, 0.05) is 13.0 Å². The third kappa shape index (κ3) is 3.56. The molecule has 142 valence electrons. The Morgan fingerprint density at radius 2 is 1.79 bits per heavy atom. The second kappa shape index (κ2) is 7.72. The van der Waals surface area contributed by atoms with Crippen LogP contribution in [-0.4, -0.2) is 10.5 Å². The number of carbonyl (C=O) groups is 1. The molecule has 1 N–H and O–H groups in total. The Hall–Kier alpha value is -3.34. The highest BCUT2D eigenvalue weighted by Crippen LogP contribution is 2.24. The molecular formula is C23H22N2O3. The van der Waals surface area contributed by atoms with E-state index in [0.29, 0.717) is 25.0 Å². The highest BCUT2D eigenvalue weighted by atomic mass is 16.4. The molecule has 0 saturated heterocycles. The van der Waals surface area contributed by atoms with E-state index in [1.807, 2.05) is 49.4 Å². The van der Waals surface area contributed by atoms with Crippen molar-refractivity contribution in [3.63, 3.8) is 0 Å². The number of oxazole rings is 1. The summed E-state index contributed by atoms with van der Waals surface area (Å²) >= 11 is 0. The van der Waals surface area contributed by atoms with E-state index < -0.39 is 0 Å². The standard InChI is InChI=1S/C23H22N2O3/c1-16(18-11-6-9-17-8-2-3-10-19(17)18)24-22(26)14-7-15-25-20-12-4-5-13-21(20)28-23(25)27/h2-6,8-13,16H,7,14-15H2,1H3,(H,24,26)/t16-/m1/s1. The first-order valence-corrected chi connectivity index (χ1v) is 9.49. The molecule has 28 heavy (non-hydrogen) atoms. The lowest BCUT2D eigenvalue weighted by molar-refractivity contribution is -0.121. The largest absolute Gasteiger partial charge is 0.419 e. The molecule has 0 aliphatic heterocycles. The van der Waals surface area contributed by atoms with Crippen molar-refractivity contribution in [3.8, 4) is 0 Å². The van der Waals surface area contributed by atoms with Gasteiger partial charge in [-0.3, -0.25) is 9.36 Å². The van der Waals surface area contributed by atoms with Crippen molar-refractivity contribution in [2.75, 3.05) is 0 Å². The number of nitrogens with one attached hydrogen (secondary N) is 1. The molecule has 0 spiro atoms. The van der Waals surface area contributed by atoms with Gasteiger partial charge in [-0.25, -0.2) is 4.79 Å². The first-order valence-electron chi connectivity index (χ1n) is 9.49. The summed E-state index contributed by atoms with van der Waals surface area (Å²) < 4.78 is 6.81. The summed E-state index contributed by atoms with van der Waals surface area (Å²) in [5, 5.41) is 5.38. The zero-order valence-electron chi connectivity index (χ0n) is 15.7. The van der Waals surface area contributed by atoms with Crippen LogP contribution in [0.4, 0.5) is 0 Å². The highest BCUT2D eigenvalue weighted by Gasteiger charge is 2.13. The number of hydrogen-bond acceptors (Lipinski definition) is 3. The summed E-state index contributed by atoms with van der Waals surface area (Å²) in [7, 11) is 0. The van der Waals surface area contributed by atoms with Crippen LogP contribution in [0, 0.1) is 0 Å². The molecule has 0 radical (unpaired) electrons. The number of para-hydroxylation sites is 2. The molecule has 1 amide bonds. The number of aryl methyl sites for hydroxylation is 1. The minimum absolute atomic E-state index is 0.0266. The molecule has 0 unspecified atom stereocenters. The van der Waals surface area contributed by atoms with Crippen LogP contribution in [0.2, 0.25) is 0 Å². The van der Waals surface area contributed by atoms with E-state index in [9.17, 15) is 9.59 Å². The van der Waals surface area contributed by atoms with Crippen LogP contribution in [0.5, 0.6) is 0 Å². The third-order valence-electron chi connectivity index (χ3n) is 5.03. The Kier molecular flexibility index (Phi) is 4.98. The summed E-state index contributed by atoms with van der Waals surface area (Å²) in [4.78, 5) is 24.4. The van der Waals surface area contributed by atoms with Crippen molar-refractivity contribution in [1.82, 2.24) is 9.88 Å². The van der Waals surface area contributed by atoms with Crippen LogP contribution in [0.15, 0.2) is 75.9 Å². The Bertz CT molecular complexity index is 1180. The Morgan fingerprint density at radius 3 is 2.68 bits per heavy atom. The quantitative estimate of drug-likeness (QED) is 0.544. The van der Waals surface area contributed by atoms with Crippen LogP contribution in [0.3, 0.4) is 0 Å². The van der Waals surface area contributed by atoms with Gasteiger partial charge in [0.1, 0.15) is 0 Å². The van der Waals surface area contributed by atoms with Crippen molar-refractivity contribution < 1.29 is 9.21 Å². The number of amides is 1. The second-order valence-electron chi connectivity index (χ2n) is 6.95. The third-order valence-corrected chi connectivity index (χ3v) is 5.03. The maximum atomic E-state index is 12.4. The summed E-state index contributed by atoms with van der Waals surface area (Å²) in [6.07, 6.45) is 0.915. The van der Waals surface area contributed by atoms with E-state index in [4.69, 9.17) is 4.42 Å². The lowest BCUT2D eigenvalue weighted by Gasteiger charge is -2.16. The summed E-state index contributed by atoms with van der Waals surface area (Å²) in [6.45, 7) is 2.44. The minimum Gasteiger partial charge on any atom is -0.408 e. The zero-order chi connectivity index (χ0) is 19.5. The Morgan fingerprint density at radius 1 is 1.04 bits per heavy atom. The predicted molar refractivity (Wildman–Crippen MR) is 110 cm³/mol. The lowest BCUT2D eigenvalue weighted by atomic mass is 9.99. The summed E-state index contributed by atoms with van der Waals surface area (Å²) in [6, 6.07) is 21.5. The smallest absolute Gasteiger partial charge is 0.408 e. The number of hydrogen-bond donors (Lipinski definition) is 1. The van der Waals surface area contributed by atoms with Crippen LogP contribution in [0.25, 0.3) is 21.9 Å². The molecular weight excluding hydrogens is 352 g/mol. The van der Waals surface area contributed by atoms with Crippen molar-refractivity contribution >= 4 is 27.8 Å². The molecule has 3 aromatic carbocycles. The van der Waals surface area contributed by atoms with Crippen molar-refractivity contribution in [2.24, 2.45) is 0 Å². The van der Waals surface area contributed by atoms with Gasteiger partial charge in [0.05, 0.1) is 11.6 Å². The zero-order valence-corrected chi connectivity index (χ0v) is 15.7. The molecule has 0 bridgehead atoms. The van der Waals surface area contributed by atoms with Gasteiger partial charge in [0.2, 0.25) is 5.91 Å². The van der Waals surface area contributed by atoms with E-state index in [1.165, 1.54) is 0 Å². The fourth-order valence-electron chi connectivity index (χ4n) is 3.64. The van der Waals surface area contributed by atoms with Gasteiger partial charge >= 0.3 is 5.76 Å². The maximum Gasteiger partial charge on any atom is 0.419 e. The number of rotatable bonds is 6. The average Bonchev–Trinajstić information content (AvgIpc) is 3.03. The topological polar surface area (TPSA) is 64.2 Å². The first-order chi connectivity index (χ1) is 13.6. The van der Waals surface area contributed by atoms with Crippen molar-refractivity contribution in [3.05, 3.63) is 82.8 Å². The lowest BCUT2D eigenvalue weighted by Crippen LogP contribution is -2.27. The van der Waals surface area contributed by atoms with Gasteiger partial charge < -0.3 is 9.73 Å². The first kappa shape index (κ1) is 18.0. The van der Waals surface area contributed by atoms with Gasteiger partial charge in [0.25, 0.3) is 0 Å². The van der Waals surface area contributed by atoms with E-state index in [1.54, 1.807) is 10.6 Å². The molecule has 0 aliphatic rings. The molecule has 5 heteroatoms. The number of benzene rings is 3. The molecule has 0 saturated carbocycles. The molecule has 1 atom stereocenters. The predicted octanol–water partition coefficient (Wildman–Crippen LogP) is 4.41. The van der Waals surface area contributed by atoms with E-state index in [2.05, 4.69) is 23.5 Å². The summed E-state index contributed by atoms with van der Waals surface area (Å²) in [5.74, 6) is -0.410. The van der Waals surface area contributed by atoms with Crippen LogP contribution in [0.1, 0.15) is 31.4 Å². The van der Waals surface area contributed by atoms with E-state index in [-0.39, 0.29) is 17.7 Å². The Labute approximate surface area is 162 Å². The molecule has 4 aromatic rings. The van der Waals surface area contributed by atoms with Gasteiger partial charge in [-0.1, -0.05) is 54.6 Å². The van der Waals surface area contributed by atoms with Crippen LogP contribution >= 0.6 is 0 Å². The van der Waals surface area contributed by atoms with Gasteiger partial charge in [0.15, 0.2) is 5.58 Å². The molecule has 4 rings (SSSR count). The molecule has 0 fully saturated rings. The number of fused-ring (bicyclic) bond motifs is 2. The minimum atomic E-state index is -0.384.